The van der Waals surface area contributed by atoms with E-state index in [-0.39, 0.29) is 12.4 Å². The molecule has 0 aromatic heterocycles. The topological polar surface area (TPSA) is 52.3 Å². The van der Waals surface area contributed by atoms with Crippen molar-refractivity contribution in [2.45, 2.75) is 18.9 Å². The summed E-state index contributed by atoms with van der Waals surface area (Å²) in [6.45, 7) is 0.663. The molecule has 0 aliphatic heterocycles. The molecule has 0 radical (unpaired) electrons. The Morgan fingerprint density at radius 2 is 1.41 bits per heavy atom. The van der Waals surface area contributed by atoms with Gasteiger partial charge in [-0.15, -0.1) is 12.4 Å². The number of carbonyl (C=O) groups excluding carboxylic acids is 1. The number of hydrogen-bond acceptors (Lipinski definition) is 3. The second-order valence-electron chi connectivity index (χ2n) is 3.80. The van der Waals surface area contributed by atoms with Crippen LogP contribution in [0.5, 0.6) is 0 Å². The number of rotatable bonds is 4. The van der Waals surface area contributed by atoms with Gasteiger partial charge in [0.15, 0.2) is 23.3 Å². The standard InChI is InChI=1S/C11H8F7NO2.ClH/c1-2-21-10(20)11(17,18)9(19)3-4(12)6(14)8(16)7(15)5(3)13;/h9H,2,19H2,1H3;1H/t9-;/m0./s1. The number of ether oxygens (including phenoxy) is 1. The summed E-state index contributed by atoms with van der Waals surface area (Å²) in [6, 6.07) is -3.11. The number of alkyl halides is 2. The van der Waals surface area contributed by atoms with Gasteiger partial charge in [-0.1, -0.05) is 0 Å². The monoisotopic (exact) mass is 355 g/mol. The average molecular weight is 356 g/mol. The zero-order valence-corrected chi connectivity index (χ0v) is 11.5. The molecule has 3 nitrogen and oxygen atoms in total. The Kier molecular flexibility index (Phi) is 6.64. The fourth-order valence-electron chi connectivity index (χ4n) is 1.43. The van der Waals surface area contributed by atoms with Crippen molar-refractivity contribution < 1.29 is 40.3 Å². The Bertz CT molecular complexity index is 553. The lowest BCUT2D eigenvalue weighted by molar-refractivity contribution is -0.175. The molecule has 1 aromatic carbocycles. The summed E-state index contributed by atoms with van der Waals surface area (Å²) >= 11 is 0. The first-order chi connectivity index (χ1) is 9.57. The van der Waals surface area contributed by atoms with Crippen molar-refractivity contribution in [3.8, 4) is 0 Å². The third kappa shape index (κ3) is 3.27. The number of halogens is 8. The van der Waals surface area contributed by atoms with E-state index in [1.165, 1.54) is 0 Å². The molecule has 0 unspecified atom stereocenters. The van der Waals surface area contributed by atoms with E-state index < -0.39 is 59.2 Å². The van der Waals surface area contributed by atoms with E-state index in [1.54, 1.807) is 0 Å². The minimum atomic E-state index is -4.69. The van der Waals surface area contributed by atoms with Gasteiger partial charge in [-0.3, -0.25) is 0 Å². The van der Waals surface area contributed by atoms with Crippen LogP contribution in [0, 0.1) is 29.1 Å². The molecule has 0 fully saturated rings. The van der Waals surface area contributed by atoms with Crippen molar-refractivity contribution >= 4 is 18.4 Å². The molecule has 1 aromatic rings. The maximum absolute atomic E-state index is 13.5. The molecule has 11 heteroatoms. The summed E-state index contributed by atoms with van der Waals surface area (Å²) in [7, 11) is 0. The lowest BCUT2D eigenvalue weighted by atomic mass is 9.99. The number of hydrogen-bond donors (Lipinski definition) is 1. The highest BCUT2D eigenvalue weighted by Crippen LogP contribution is 2.35. The molecule has 0 aliphatic rings. The van der Waals surface area contributed by atoms with Crippen LogP contribution in [0.15, 0.2) is 0 Å². The lowest BCUT2D eigenvalue weighted by Crippen LogP contribution is -2.43. The molecule has 0 bridgehead atoms. The number of benzene rings is 1. The van der Waals surface area contributed by atoms with Gasteiger partial charge >= 0.3 is 11.9 Å². The van der Waals surface area contributed by atoms with Gasteiger partial charge in [0.2, 0.25) is 5.82 Å². The molecule has 0 spiro atoms. The molecule has 1 rings (SSSR count). The van der Waals surface area contributed by atoms with E-state index in [0.29, 0.717) is 0 Å². The Hall–Kier alpha value is -1.55. The van der Waals surface area contributed by atoms with Crippen LogP contribution in [-0.4, -0.2) is 18.5 Å². The van der Waals surface area contributed by atoms with Crippen molar-refractivity contribution in [3.05, 3.63) is 34.6 Å². The van der Waals surface area contributed by atoms with Crippen LogP contribution < -0.4 is 5.73 Å². The molecule has 0 heterocycles. The first kappa shape index (κ1) is 20.5. The van der Waals surface area contributed by atoms with Crippen LogP contribution in [0.2, 0.25) is 0 Å². The normalized spacial score (nSPS) is 12.6. The van der Waals surface area contributed by atoms with E-state index in [2.05, 4.69) is 4.74 Å². The van der Waals surface area contributed by atoms with Crippen LogP contribution in [-0.2, 0) is 9.53 Å². The Morgan fingerprint density at radius 1 is 1.05 bits per heavy atom. The molecule has 0 amide bonds. The average Bonchev–Trinajstić information content (AvgIpc) is 2.43. The fraction of sp³-hybridized carbons (Fsp3) is 0.364. The van der Waals surface area contributed by atoms with Crippen molar-refractivity contribution in [3.63, 3.8) is 0 Å². The Labute approximate surface area is 125 Å². The lowest BCUT2D eigenvalue weighted by Gasteiger charge is -2.23. The second-order valence-corrected chi connectivity index (χ2v) is 3.80. The van der Waals surface area contributed by atoms with E-state index >= 15 is 0 Å². The van der Waals surface area contributed by atoms with Gasteiger partial charge in [0, 0.05) is 0 Å². The highest BCUT2D eigenvalue weighted by atomic mass is 35.5. The molecule has 0 saturated heterocycles. The van der Waals surface area contributed by atoms with Gasteiger partial charge in [-0.2, -0.15) is 8.78 Å². The van der Waals surface area contributed by atoms with Crippen molar-refractivity contribution in [2.24, 2.45) is 5.73 Å². The smallest absolute Gasteiger partial charge is 0.379 e. The van der Waals surface area contributed by atoms with Crippen LogP contribution in [0.3, 0.4) is 0 Å². The zero-order chi connectivity index (χ0) is 16.5. The quantitative estimate of drug-likeness (QED) is 0.391. The van der Waals surface area contributed by atoms with Gasteiger partial charge in [-0.25, -0.2) is 26.7 Å². The van der Waals surface area contributed by atoms with Crippen molar-refractivity contribution in [1.29, 1.82) is 0 Å². The minimum Gasteiger partial charge on any atom is -0.462 e. The predicted molar refractivity (Wildman–Crippen MR) is 62.0 cm³/mol. The summed E-state index contributed by atoms with van der Waals surface area (Å²) < 4.78 is 96.3. The third-order valence-corrected chi connectivity index (χ3v) is 2.49. The summed E-state index contributed by atoms with van der Waals surface area (Å²) in [5, 5.41) is 0. The van der Waals surface area contributed by atoms with Crippen LogP contribution >= 0.6 is 12.4 Å². The molecule has 0 saturated carbocycles. The number of esters is 1. The van der Waals surface area contributed by atoms with Gasteiger partial charge in [0.1, 0.15) is 6.04 Å². The molecule has 22 heavy (non-hydrogen) atoms. The number of carbonyl (C=O) groups is 1. The van der Waals surface area contributed by atoms with Crippen molar-refractivity contribution in [1.82, 2.24) is 0 Å². The maximum Gasteiger partial charge on any atom is 0.379 e. The van der Waals surface area contributed by atoms with E-state index in [1.807, 2.05) is 0 Å². The van der Waals surface area contributed by atoms with E-state index in [0.717, 1.165) is 6.92 Å². The summed E-state index contributed by atoms with van der Waals surface area (Å²) in [5.41, 5.74) is 2.81. The van der Waals surface area contributed by atoms with Gasteiger partial charge in [0.05, 0.1) is 12.2 Å². The van der Waals surface area contributed by atoms with Crippen LogP contribution in [0.25, 0.3) is 0 Å². The maximum atomic E-state index is 13.5. The summed E-state index contributed by atoms with van der Waals surface area (Å²) in [5.74, 6) is -19.4. The molecule has 1 atom stereocenters. The van der Waals surface area contributed by atoms with Crippen LogP contribution in [0.4, 0.5) is 30.7 Å². The minimum absolute atomic E-state index is 0. The first-order valence-corrected chi connectivity index (χ1v) is 5.39. The van der Waals surface area contributed by atoms with Crippen LogP contribution in [0.1, 0.15) is 18.5 Å². The number of nitrogens with two attached hydrogens (primary N) is 1. The summed E-state index contributed by atoms with van der Waals surface area (Å²) in [6.07, 6.45) is 0. The van der Waals surface area contributed by atoms with Gasteiger partial charge in [0.25, 0.3) is 0 Å². The first-order valence-electron chi connectivity index (χ1n) is 5.39. The molecule has 0 aliphatic carbocycles. The molecule has 2 N–H and O–H groups in total. The highest BCUT2D eigenvalue weighted by molar-refractivity contribution is 5.85. The van der Waals surface area contributed by atoms with Crippen molar-refractivity contribution in [2.75, 3.05) is 6.61 Å². The van der Waals surface area contributed by atoms with Gasteiger partial charge in [-0.05, 0) is 6.92 Å². The Balaban J connectivity index is 0.00000441. The van der Waals surface area contributed by atoms with E-state index in [4.69, 9.17) is 5.73 Å². The van der Waals surface area contributed by atoms with Gasteiger partial charge < -0.3 is 10.5 Å². The molecule has 126 valence electrons. The predicted octanol–water partition coefficient (Wildman–Crippen LogP) is 3.00. The Morgan fingerprint density at radius 3 is 1.77 bits per heavy atom. The zero-order valence-electron chi connectivity index (χ0n) is 10.7. The van der Waals surface area contributed by atoms with E-state index in [9.17, 15) is 35.5 Å². The largest absolute Gasteiger partial charge is 0.462 e. The fourth-order valence-corrected chi connectivity index (χ4v) is 1.43. The summed E-state index contributed by atoms with van der Waals surface area (Å²) in [4.78, 5) is 11.0. The molecular weight excluding hydrogens is 347 g/mol. The highest BCUT2D eigenvalue weighted by Gasteiger charge is 2.50. The third-order valence-electron chi connectivity index (χ3n) is 2.49. The second kappa shape index (κ2) is 7.14. The molecular formula is C11H9ClF7NO2. The SMILES string of the molecule is CCOC(=O)C(F)(F)[C@@H](N)c1c(F)c(F)c(F)c(F)c1F.Cl.